The van der Waals surface area contributed by atoms with Crippen LogP contribution in [0.15, 0.2) is 30.6 Å². The van der Waals surface area contributed by atoms with Crippen molar-refractivity contribution in [2.45, 2.75) is 20.4 Å². The molecule has 0 bridgehead atoms. The highest BCUT2D eigenvalue weighted by molar-refractivity contribution is 6.18. The Labute approximate surface area is 107 Å². The largest absolute Gasteiger partial charge is 0.311 e. The molecule has 4 heteroatoms. The van der Waals surface area contributed by atoms with Crippen LogP contribution in [0.25, 0.3) is 5.65 Å². The Morgan fingerprint density at radius 2 is 2.24 bits per heavy atom. The van der Waals surface area contributed by atoms with Gasteiger partial charge in [0.25, 0.3) is 0 Å². The van der Waals surface area contributed by atoms with Gasteiger partial charge >= 0.3 is 0 Å². The highest BCUT2D eigenvalue weighted by Crippen LogP contribution is 2.15. The van der Waals surface area contributed by atoms with Gasteiger partial charge in [0.1, 0.15) is 5.65 Å². The quantitative estimate of drug-likeness (QED) is 0.828. The first kappa shape index (κ1) is 12.4. The molecule has 1 N–H and O–H groups in total. The summed E-state index contributed by atoms with van der Waals surface area (Å²) in [5.41, 5.74) is 2.17. The van der Waals surface area contributed by atoms with Crippen LogP contribution in [-0.4, -0.2) is 21.8 Å². The van der Waals surface area contributed by atoms with Gasteiger partial charge in [0.05, 0.1) is 5.69 Å². The topological polar surface area (TPSA) is 29.3 Å². The molecule has 0 saturated heterocycles. The number of rotatable bonds is 5. The van der Waals surface area contributed by atoms with Crippen LogP contribution in [0.3, 0.4) is 0 Å². The van der Waals surface area contributed by atoms with Crippen LogP contribution in [-0.2, 0) is 6.54 Å². The number of fused-ring (bicyclic) bond motifs is 1. The molecule has 2 rings (SSSR count). The molecule has 0 spiro atoms. The number of hydrogen-bond acceptors (Lipinski definition) is 2. The van der Waals surface area contributed by atoms with Crippen molar-refractivity contribution >= 4 is 17.2 Å². The summed E-state index contributed by atoms with van der Waals surface area (Å²) in [4.78, 5) is 4.53. The van der Waals surface area contributed by atoms with Crippen molar-refractivity contribution < 1.29 is 0 Å². The highest BCUT2D eigenvalue weighted by Gasteiger charge is 2.15. The molecular weight excluding hydrogens is 234 g/mol. The molecule has 0 unspecified atom stereocenters. The molecule has 0 aliphatic carbocycles. The van der Waals surface area contributed by atoms with Gasteiger partial charge < -0.3 is 9.72 Å². The maximum absolute atomic E-state index is 5.88. The molecular formula is C13H18ClN3. The van der Waals surface area contributed by atoms with E-state index >= 15 is 0 Å². The summed E-state index contributed by atoms with van der Waals surface area (Å²) in [6, 6.07) is 6.00. The summed E-state index contributed by atoms with van der Waals surface area (Å²) in [6.07, 6.45) is 4.06. The molecule has 0 saturated carbocycles. The summed E-state index contributed by atoms with van der Waals surface area (Å²) in [5, 5.41) is 3.39. The molecule has 2 aromatic heterocycles. The lowest BCUT2D eigenvalue weighted by Gasteiger charge is -2.21. The van der Waals surface area contributed by atoms with Crippen molar-refractivity contribution in [1.29, 1.82) is 0 Å². The van der Waals surface area contributed by atoms with E-state index in [1.807, 2.05) is 28.8 Å². The molecule has 2 aromatic rings. The van der Waals surface area contributed by atoms with Crippen molar-refractivity contribution in [1.82, 2.24) is 14.7 Å². The fourth-order valence-electron chi connectivity index (χ4n) is 1.65. The first-order valence-electron chi connectivity index (χ1n) is 5.80. The first-order valence-corrected chi connectivity index (χ1v) is 6.33. The van der Waals surface area contributed by atoms with Crippen LogP contribution in [0.4, 0.5) is 0 Å². The average Bonchev–Trinajstić information content (AvgIpc) is 2.71. The maximum atomic E-state index is 5.88. The molecule has 0 fully saturated rings. The fourth-order valence-corrected chi connectivity index (χ4v) is 1.74. The SMILES string of the molecule is CC(C)(CCl)CNCc1cn2ccccc2n1. The van der Waals surface area contributed by atoms with Crippen LogP contribution in [0.5, 0.6) is 0 Å². The summed E-state index contributed by atoms with van der Waals surface area (Å²) in [7, 11) is 0. The molecule has 3 nitrogen and oxygen atoms in total. The van der Waals surface area contributed by atoms with Gasteiger partial charge in [-0.3, -0.25) is 0 Å². The minimum absolute atomic E-state index is 0.126. The lowest BCUT2D eigenvalue weighted by molar-refractivity contribution is 0.384. The Morgan fingerprint density at radius 1 is 1.41 bits per heavy atom. The Kier molecular flexibility index (Phi) is 3.69. The lowest BCUT2D eigenvalue weighted by atomic mass is 9.97. The molecule has 0 atom stereocenters. The molecule has 17 heavy (non-hydrogen) atoms. The van der Waals surface area contributed by atoms with Crippen molar-refractivity contribution in [3.63, 3.8) is 0 Å². The molecule has 2 heterocycles. The predicted molar refractivity (Wildman–Crippen MR) is 71.4 cm³/mol. The minimum atomic E-state index is 0.126. The summed E-state index contributed by atoms with van der Waals surface area (Å²) in [6.45, 7) is 5.97. The van der Waals surface area contributed by atoms with Gasteiger partial charge in [-0.25, -0.2) is 4.98 Å². The van der Waals surface area contributed by atoms with E-state index in [0.29, 0.717) is 5.88 Å². The number of nitrogens with one attached hydrogen (secondary N) is 1. The van der Waals surface area contributed by atoms with Crippen LogP contribution in [0.2, 0.25) is 0 Å². The summed E-state index contributed by atoms with van der Waals surface area (Å²) < 4.78 is 2.03. The number of imidazole rings is 1. The molecule has 0 amide bonds. The predicted octanol–water partition coefficient (Wildman–Crippen LogP) is 2.69. The Hall–Kier alpha value is -1.06. The van der Waals surface area contributed by atoms with Crippen molar-refractivity contribution in [3.05, 3.63) is 36.3 Å². The van der Waals surface area contributed by atoms with Gasteiger partial charge in [0.15, 0.2) is 0 Å². The van der Waals surface area contributed by atoms with Crippen LogP contribution in [0, 0.1) is 5.41 Å². The van der Waals surface area contributed by atoms with Crippen LogP contribution < -0.4 is 5.32 Å². The smallest absolute Gasteiger partial charge is 0.137 e. The van der Waals surface area contributed by atoms with E-state index in [1.165, 1.54) is 0 Å². The normalized spacial score (nSPS) is 12.2. The second kappa shape index (κ2) is 5.07. The number of nitrogens with zero attached hydrogens (tertiary/aromatic N) is 2. The molecule has 92 valence electrons. The molecule has 0 aromatic carbocycles. The van der Waals surface area contributed by atoms with Gasteiger partial charge in [-0.15, -0.1) is 11.6 Å². The van der Waals surface area contributed by atoms with E-state index in [-0.39, 0.29) is 5.41 Å². The standard InChI is InChI=1S/C13H18ClN3/c1-13(2,9-14)10-15-7-11-8-17-6-4-3-5-12(17)16-11/h3-6,8,15H,7,9-10H2,1-2H3. The second-order valence-corrected chi connectivity index (χ2v) is 5.37. The Morgan fingerprint density at radius 3 is 2.94 bits per heavy atom. The number of halogens is 1. The van der Waals surface area contributed by atoms with E-state index in [4.69, 9.17) is 11.6 Å². The Balaban J connectivity index is 1.95. The monoisotopic (exact) mass is 251 g/mol. The van der Waals surface area contributed by atoms with Gasteiger partial charge in [0, 0.05) is 31.4 Å². The van der Waals surface area contributed by atoms with E-state index in [2.05, 4.69) is 30.3 Å². The fraction of sp³-hybridized carbons (Fsp3) is 0.462. The van der Waals surface area contributed by atoms with Crippen molar-refractivity contribution in [2.24, 2.45) is 5.41 Å². The van der Waals surface area contributed by atoms with Crippen LogP contribution >= 0.6 is 11.6 Å². The third kappa shape index (κ3) is 3.20. The third-order valence-electron chi connectivity index (χ3n) is 2.69. The van der Waals surface area contributed by atoms with Gasteiger partial charge in [-0.1, -0.05) is 19.9 Å². The minimum Gasteiger partial charge on any atom is -0.311 e. The molecule has 0 aliphatic heterocycles. The zero-order chi connectivity index (χ0) is 12.3. The zero-order valence-corrected chi connectivity index (χ0v) is 11.0. The molecule has 0 aliphatic rings. The third-order valence-corrected chi connectivity index (χ3v) is 3.41. The van der Waals surface area contributed by atoms with E-state index in [0.717, 1.165) is 24.4 Å². The van der Waals surface area contributed by atoms with Gasteiger partial charge in [0.2, 0.25) is 0 Å². The van der Waals surface area contributed by atoms with Crippen LogP contribution in [0.1, 0.15) is 19.5 Å². The van der Waals surface area contributed by atoms with E-state index < -0.39 is 0 Å². The number of alkyl halides is 1. The summed E-state index contributed by atoms with van der Waals surface area (Å²) >= 11 is 5.88. The number of aromatic nitrogens is 2. The van der Waals surface area contributed by atoms with Gasteiger partial charge in [-0.2, -0.15) is 0 Å². The molecule has 0 radical (unpaired) electrons. The van der Waals surface area contributed by atoms with E-state index in [1.54, 1.807) is 0 Å². The Bertz CT molecular complexity index is 457. The van der Waals surface area contributed by atoms with Gasteiger partial charge in [-0.05, 0) is 17.5 Å². The lowest BCUT2D eigenvalue weighted by Crippen LogP contribution is -2.30. The first-order chi connectivity index (χ1) is 8.11. The number of hydrogen-bond donors (Lipinski definition) is 1. The van der Waals surface area contributed by atoms with Crippen molar-refractivity contribution in [2.75, 3.05) is 12.4 Å². The highest BCUT2D eigenvalue weighted by atomic mass is 35.5. The van der Waals surface area contributed by atoms with E-state index in [9.17, 15) is 0 Å². The maximum Gasteiger partial charge on any atom is 0.137 e. The number of pyridine rings is 1. The zero-order valence-electron chi connectivity index (χ0n) is 10.3. The second-order valence-electron chi connectivity index (χ2n) is 5.10. The summed E-state index contributed by atoms with van der Waals surface area (Å²) in [5.74, 6) is 0.658. The van der Waals surface area contributed by atoms with Crippen molar-refractivity contribution in [3.8, 4) is 0 Å². The average molecular weight is 252 g/mol.